The third-order valence-electron chi connectivity index (χ3n) is 2.85. The molecule has 0 radical (unpaired) electrons. The molecule has 2 atom stereocenters. The van der Waals surface area contributed by atoms with Gasteiger partial charge < -0.3 is 14.0 Å². The zero-order valence-corrected chi connectivity index (χ0v) is 12.0. The molecule has 1 aromatic rings. The van der Waals surface area contributed by atoms with Crippen LogP contribution in [0.1, 0.15) is 63.8 Å². The molecule has 0 spiro atoms. The summed E-state index contributed by atoms with van der Waals surface area (Å²) in [6.45, 7) is 6.08. The number of aromatic nitrogens is 2. The molecule has 6 nitrogen and oxygen atoms in total. The number of methoxy groups -OCH3 is 1. The molecule has 0 saturated carbocycles. The van der Waals surface area contributed by atoms with Crippen molar-refractivity contribution in [3.8, 4) is 0 Å². The molecular weight excluding hydrogens is 248 g/mol. The van der Waals surface area contributed by atoms with E-state index in [1.807, 2.05) is 13.8 Å². The lowest BCUT2D eigenvalue weighted by Gasteiger charge is -2.10. The first-order valence-electron chi connectivity index (χ1n) is 6.70. The van der Waals surface area contributed by atoms with Crippen molar-refractivity contribution in [2.45, 2.75) is 52.1 Å². The minimum absolute atomic E-state index is 0.207. The molecule has 19 heavy (non-hydrogen) atoms. The van der Waals surface area contributed by atoms with Crippen molar-refractivity contribution in [1.29, 1.82) is 0 Å². The molecule has 0 fully saturated rings. The van der Waals surface area contributed by atoms with E-state index in [9.17, 15) is 4.79 Å². The van der Waals surface area contributed by atoms with Crippen LogP contribution in [-0.4, -0.2) is 29.8 Å². The Balaban J connectivity index is 2.88. The van der Waals surface area contributed by atoms with E-state index in [4.69, 9.17) is 14.0 Å². The van der Waals surface area contributed by atoms with Crippen molar-refractivity contribution in [2.24, 2.45) is 0 Å². The van der Waals surface area contributed by atoms with Crippen LogP contribution in [0.4, 0.5) is 0 Å². The number of nitrogens with zero attached hydrogens (tertiary/aromatic N) is 2. The number of carbonyl (C=O) groups is 1. The maximum absolute atomic E-state index is 11.9. The van der Waals surface area contributed by atoms with Gasteiger partial charge in [0.15, 0.2) is 0 Å². The predicted molar refractivity (Wildman–Crippen MR) is 68.6 cm³/mol. The zero-order valence-electron chi connectivity index (χ0n) is 12.0. The highest BCUT2D eigenvalue weighted by Gasteiger charge is 2.28. The Bertz CT molecular complexity index is 388. The van der Waals surface area contributed by atoms with Gasteiger partial charge in [-0.1, -0.05) is 25.4 Å². The van der Waals surface area contributed by atoms with Crippen LogP contribution >= 0.6 is 0 Å². The summed E-state index contributed by atoms with van der Waals surface area (Å²) < 4.78 is 15.5. The first-order valence-corrected chi connectivity index (χ1v) is 6.70. The van der Waals surface area contributed by atoms with Crippen LogP contribution in [0.3, 0.4) is 0 Å². The lowest BCUT2D eigenvalue weighted by atomic mass is 10.0. The first-order chi connectivity index (χ1) is 9.17. The van der Waals surface area contributed by atoms with Gasteiger partial charge in [-0.05, 0) is 19.8 Å². The maximum atomic E-state index is 11.9. The maximum Gasteiger partial charge on any atom is 0.318 e. The third-order valence-corrected chi connectivity index (χ3v) is 2.85. The van der Waals surface area contributed by atoms with Gasteiger partial charge in [0.25, 0.3) is 0 Å². The van der Waals surface area contributed by atoms with Crippen LogP contribution in [0.2, 0.25) is 0 Å². The van der Waals surface area contributed by atoms with Gasteiger partial charge in [0.05, 0.1) is 6.61 Å². The SMILES string of the molecule is CCCC(C(=O)OCC)c1nc(C(CC)OC)no1. The molecule has 6 heteroatoms. The van der Waals surface area contributed by atoms with E-state index in [1.54, 1.807) is 14.0 Å². The number of esters is 1. The molecule has 1 heterocycles. The van der Waals surface area contributed by atoms with Crippen molar-refractivity contribution >= 4 is 5.97 Å². The van der Waals surface area contributed by atoms with Gasteiger partial charge in [0, 0.05) is 7.11 Å². The highest BCUT2D eigenvalue weighted by molar-refractivity contribution is 5.76. The van der Waals surface area contributed by atoms with Gasteiger partial charge >= 0.3 is 5.97 Å². The topological polar surface area (TPSA) is 74.5 Å². The van der Waals surface area contributed by atoms with Crippen molar-refractivity contribution in [3.05, 3.63) is 11.7 Å². The van der Waals surface area contributed by atoms with Gasteiger partial charge in [-0.15, -0.1) is 0 Å². The van der Waals surface area contributed by atoms with Gasteiger partial charge in [-0.2, -0.15) is 4.98 Å². The molecule has 0 aliphatic carbocycles. The van der Waals surface area contributed by atoms with E-state index in [2.05, 4.69) is 10.1 Å². The number of ether oxygens (including phenoxy) is 2. The van der Waals surface area contributed by atoms with Gasteiger partial charge in [0.2, 0.25) is 11.7 Å². The molecule has 0 aliphatic heterocycles. The first kappa shape index (κ1) is 15.6. The number of carbonyl (C=O) groups excluding carboxylic acids is 1. The monoisotopic (exact) mass is 270 g/mol. The van der Waals surface area contributed by atoms with Gasteiger partial charge in [0.1, 0.15) is 12.0 Å². The molecule has 1 aromatic heterocycles. The number of rotatable bonds is 8. The van der Waals surface area contributed by atoms with E-state index < -0.39 is 5.92 Å². The Labute approximate surface area is 113 Å². The minimum Gasteiger partial charge on any atom is -0.465 e. The molecule has 0 saturated heterocycles. The molecule has 0 aliphatic rings. The molecular formula is C13H22N2O4. The summed E-state index contributed by atoms with van der Waals surface area (Å²) in [5, 5.41) is 3.88. The highest BCUT2D eigenvalue weighted by atomic mass is 16.5. The Morgan fingerprint density at radius 3 is 2.63 bits per heavy atom. The largest absolute Gasteiger partial charge is 0.465 e. The summed E-state index contributed by atoms with van der Waals surface area (Å²) in [6, 6.07) is 0. The molecule has 0 amide bonds. The van der Waals surface area contributed by atoms with E-state index in [1.165, 1.54) is 0 Å². The quantitative estimate of drug-likeness (QED) is 0.676. The van der Waals surface area contributed by atoms with Crippen molar-refractivity contribution in [3.63, 3.8) is 0 Å². The van der Waals surface area contributed by atoms with E-state index >= 15 is 0 Å². The molecule has 0 N–H and O–H groups in total. The Morgan fingerprint density at radius 1 is 1.37 bits per heavy atom. The summed E-state index contributed by atoms with van der Waals surface area (Å²) in [5.41, 5.74) is 0. The fourth-order valence-corrected chi connectivity index (χ4v) is 1.85. The van der Waals surface area contributed by atoms with E-state index in [-0.39, 0.29) is 12.1 Å². The van der Waals surface area contributed by atoms with Crippen molar-refractivity contribution < 1.29 is 18.8 Å². The van der Waals surface area contributed by atoms with Crippen LogP contribution in [0.25, 0.3) is 0 Å². The second-order valence-electron chi connectivity index (χ2n) is 4.22. The Kier molecular flexibility index (Phi) is 6.49. The van der Waals surface area contributed by atoms with Gasteiger partial charge in [-0.25, -0.2) is 0 Å². The summed E-state index contributed by atoms with van der Waals surface area (Å²) in [6.07, 6.45) is 2.00. The number of hydrogen-bond donors (Lipinski definition) is 0. The summed E-state index contributed by atoms with van der Waals surface area (Å²) >= 11 is 0. The lowest BCUT2D eigenvalue weighted by molar-refractivity contribution is -0.145. The van der Waals surface area contributed by atoms with Crippen molar-refractivity contribution in [2.75, 3.05) is 13.7 Å². The van der Waals surface area contributed by atoms with E-state index in [0.29, 0.717) is 24.7 Å². The minimum atomic E-state index is -0.486. The van der Waals surface area contributed by atoms with Crippen LogP contribution in [0, 0.1) is 0 Å². The van der Waals surface area contributed by atoms with Crippen LogP contribution in [-0.2, 0) is 14.3 Å². The number of hydrogen-bond acceptors (Lipinski definition) is 6. The second kappa shape index (κ2) is 7.89. The highest BCUT2D eigenvalue weighted by Crippen LogP contribution is 2.24. The van der Waals surface area contributed by atoms with E-state index in [0.717, 1.165) is 12.8 Å². The van der Waals surface area contributed by atoms with Crippen LogP contribution < -0.4 is 0 Å². The lowest BCUT2D eigenvalue weighted by Crippen LogP contribution is -2.16. The van der Waals surface area contributed by atoms with Crippen LogP contribution in [0.15, 0.2) is 4.52 Å². The molecule has 1 rings (SSSR count). The Morgan fingerprint density at radius 2 is 2.11 bits per heavy atom. The second-order valence-corrected chi connectivity index (χ2v) is 4.22. The standard InChI is InChI=1S/C13H22N2O4/c1-5-8-9(13(16)18-7-3)12-14-11(15-19-12)10(6-2)17-4/h9-10H,5-8H2,1-4H3. The predicted octanol–water partition coefficient (Wildman–Crippen LogP) is 2.61. The molecule has 2 unspecified atom stereocenters. The van der Waals surface area contributed by atoms with Crippen molar-refractivity contribution in [1.82, 2.24) is 10.1 Å². The fraction of sp³-hybridized carbons (Fsp3) is 0.769. The summed E-state index contributed by atoms with van der Waals surface area (Å²) in [5.74, 6) is -0.0122. The normalized spacial score (nSPS) is 14.1. The molecule has 0 bridgehead atoms. The fourth-order valence-electron chi connectivity index (χ4n) is 1.85. The van der Waals surface area contributed by atoms with Gasteiger partial charge in [-0.3, -0.25) is 4.79 Å². The van der Waals surface area contributed by atoms with Crippen LogP contribution in [0.5, 0.6) is 0 Å². The Hall–Kier alpha value is -1.43. The third kappa shape index (κ3) is 4.02. The molecule has 0 aromatic carbocycles. The average molecular weight is 270 g/mol. The molecule has 108 valence electrons. The zero-order chi connectivity index (χ0) is 14.3. The summed E-state index contributed by atoms with van der Waals surface area (Å²) in [4.78, 5) is 16.1. The summed E-state index contributed by atoms with van der Waals surface area (Å²) in [7, 11) is 1.60. The smallest absolute Gasteiger partial charge is 0.318 e. The average Bonchev–Trinajstić information content (AvgIpc) is 2.87.